The molecule has 0 radical (unpaired) electrons. The molecule has 1 unspecified atom stereocenters. The number of amides is 1. The lowest BCUT2D eigenvalue weighted by molar-refractivity contribution is 0.0766. The van der Waals surface area contributed by atoms with Crippen molar-refractivity contribution in [1.29, 1.82) is 0 Å². The van der Waals surface area contributed by atoms with E-state index in [1.54, 1.807) is 4.90 Å². The van der Waals surface area contributed by atoms with E-state index in [9.17, 15) is 9.90 Å². The van der Waals surface area contributed by atoms with Crippen LogP contribution in [-0.4, -0.2) is 40.1 Å². The van der Waals surface area contributed by atoms with Crippen molar-refractivity contribution >= 4 is 16.8 Å². The van der Waals surface area contributed by atoms with Gasteiger partial charge in [0.15, 0.2) is 0 Å². The number of hydrogen-bond acceptors (Lipinski definition) is 2. The second-order valence-corrected chi connectivity index (χ2v) is 4.86. The molecule has 2 heterocycles. The highest BCUT2D eigenvalue weighted by Crippen LogP contribution is 2.24. The third-order valence-corrected chi connectivity index (χ3v) is 3.56. The van der Waals surface area contributed by atoms with Gasteiger partial charge in [-0.3, -0.25) is 4.79 Å². The van der Waals surface area contributed by atoms with Gasteiger partial charge in [-0.05, 0) is 19.4 Å². The number of nitrogens with zero attached hydrogens (tertiary/aromatic N) is 1. The first-order valence-electron chi connectivity index (χ1n) is 6.21. The van der Waals surface area contributed by atoms with E-state index in [-0.39, 0.29) is 12.0 Å². The van der Waals surface area contributed by atoms with Gasteiger partial charge in [0.05, 0.1) is 11.7 Å². The van der Waals surface area contributed by atoms with Gasteiger partial charge >= 0.3 is 0 Å². The molecule has 1 aromatic heterocycles. The van der Waals surface area contributed by atoms with Gasteiger partial charge in [0.2, 0.25) is 0 Å². The highest BCUT2D eigenvalue weighted by molar-refractivity contribution is 6.08. The van der Waals surface area contributed by atoms with Crippen LogP contribution in [0.25, 0.3) is 10.9 Å². The number of aliphatic hydroxyl groups excluding tert-OH is 1. The van der Waals surface area contributed by atoms with Gasteiger partial charge < -0.3 is 15.0 Å². The van der Waals surface area contributed by atoms with E-state index < -0.39 is 0 Å². The molecule has 0 aliphatic carbocycles. The molecular weight excluding hydrogens is 228 g/mol. The van der Waals surface area contributed by atoms with Crippen LogP contribution in [0.1, 0.15) is 22.5 Å². The van der Waals surface area contributed by atoms with Gasteiger partial charge in [0.25, 0.3) is 5.91 Å². The first-order valence-corrected chi connectivity index (χ1v) is 6.21. The van der Waals surface area contributed by atoms with E-state index >= 15 is 0 Å². The molecule has 4 nitrogen and oxygen atoms in total. The summed E-state index contributed by atoms with van der Waals surface area (Å²) in [5, 5.41) is 10.5. The van der Waals surface area contributed by atoms with Crippen molar-refractivity contribution in [1.82, 2.24) is 9.88 Å². The molecular formula is C14H16N2O2. The molecule has 1 aliphatic heterocycles. The number of likely N-dealkylation sites (tertiary alicyclic amines) is 1. The highest BCUT2D eigenvalue weighted by atomic mass is 16.3. The fourth-order valence-electron chi connectivity index (χ4n) is 2.64. The number of para-hydroxylation sites is 1. The maximum Gasteiger partial charge on any atom is 0.256 e. The third-order valence-electron chi connectivity index (χ3n) is 3.56. The Balaban J connectivity index is 2.03. The second-order valence-electron chi connectivity index (χ2n) is 4.86. The molecule has 3 rings (SSSR count). The molecule has 1 atom stereocenters. The molecule has 1 saturated heterocycles. The minimum absolute atomic E-state index is 0.0153. The SMILES string of the molecule is Cc1[nH]c2ccccc2c1C(=O)N1CCC(O)C1. The Kier molecular flexibility index (Phi) is 2.59. The average molecular weight is 244 g/mol. The molecule has 1 aromatic carbocycles. The van der Waals surface area contributed by atoms with Gasteiger partial charge in [-0.1, -0.05) is 18.2 Å². The molecule has 1 amide bonds. The Morgan fingerprint density at radius 2 is 2.22 bits per heavy atom. The van der Waals surface area contributed by atoms with Crippen LogP contribution < -0.4 is 0 Å². The van der Waals surface area contributed by atoms with E-state index in [2.05, 4.69) is 4.98 Å². The van der Waals surface area contributed by atoms with Crippen molar-refractivity contribution < 1.29 is 9.90 Å². The average Bonchev–Trinajstić information content (AvgIpc) is 2.91. The highest BCUT2D eigenvalue weighted by Gasteiger charge is 2.28. The van der Waals surface area contributed by atoms with Crippen LogP contribution in [0, 0.1) is 6.92 Å². The Bertz CT molecular complexity index is 603. The number of carbonyl (C=O) groups is 1. The summed E-state index contributed by atoms with van der Waals surface area (Å²) in [5.74, 6) is 0.0153. The first kappa shape index (κ1) is 11.3. The fraction of sp³-hybridized carbons (Fsp3) is 0.357. The summed E-state index contributed by atoms with van der Waals surface area (Å²) in [6.45, 7) is 3.00. The van der Waals surface area contributed by atoms with Gasteiger partial charge in [-0.15, -0.1) is 0 Å². The normalized spacial score (nSPS) is 19.7. The van der Waals surface area contributed by atoms with Gasteiger partial charge in [0, 0.05) is 29.7 Å². The van der Waals surface area contributed by atoms with Crippen molar-refractivity contribution in [2.24, 2.45) is 0 Å². The second kappa shape index (κ2) is 4.14. The number of H-pyrrole nitrogens is 1. The molecule has 2 aromatic rings. The number of β-amino-alcohol motifs (C(OH)–C–C–N with tert-alkyl or cyclic N) is 1. The van der Waals surface area contributed by atoms with E-state index in [0.717, 1.165) is 22.2 Å². The topological polar surface area (TPSA) is 56.3 Å². The zero-order chi connectivity index (χ0) is 12.7. The van der Waals surface area contributed by atoms with E-state index in [0.29, 0.717) is 19.5 Å². The first-order chi connectivity index (χ1) is 8.66. The molecule has 0 bridgehead atoms. The quantitative estimate of drug-likeness (QED) is 0.802. The summed E-state index contributed by atoms with van der Waals surface area (Å²) >= 11 is 0. The lowest BCUT2D eigenvalue weighted by Crippen LogP contribution is -2.29. The lowest BCUT2D eigenvalue weighted by atomic mass is 10.1. The maximum atomic E-state index is 12.5. The summed E-state index contributed by atoms with van der Waals surface area (Å²) in [5.41, 5.74) is 2.61. The van der Waals surface area contributed by atoms with Crippen LogP contribution in [0.3, 0.4) is 0 Å². The minimum Gasteiger partial charge on any atom is -0.391 e. The smallest absolute Gasteiger partial charge is 0.256 e. The molecule has 0 spiro atoms. The van der Waals surface area contributed by atoms with Crippen LogP contribution >= 0.6 is 0 Å². The van der Waals surface area contributed by atoms with Crippen LogP contribution in [0.5, 0.6) is 0 Å². The summed E-state index contributed by atoms with van der Waals surface area (Å²) in [6, 6.07) is 7.81. The van der Waals surface area contributed by atoms with Crippen molar-refractivity contribution in [3.63, 3.8) is 0 Å². The lowest BCUT2D eigenvalue weighted by Gasteiger charge is -2.15. The number of aryl methyl sites for hydroxylation is 1. The monoisotopic (exact) mass is 244 g/mol. The largest absolute Gasteiger partial charge is 0.391 e. The number of aromatic nitrogens is 1. The number of hydrogen-bond donors (Lipinski definition) is 2. The fourth-order valence-corrected chi connectivity index (χ4v) is 2.64. The zero-order valence-electron chi connectivity index (χ0n) is 10.3. The Morgan fingerprint density at radius 3 is 2.94 bits per heavy atom. The number of aromatic amines is 1. The van der Waals surface area contributed by atoms with Gasteiger partial charge in [0.1, 0.15) is 0 Å². The van der Waals surface area contributed by atoms with E-state index in [1.165, 1.54) is 0 Å². The predicted octanol–water partition coefficient (Wildman–Crippen LogP) is 1.68. The van der Waals surface area contributed by atoms with Crippen LogP contribution in [0.4, 0.5) is 0 Å². The minimum atomic E-state index is -0.375. The summed E-state index contributed by atoms with van der Waals surface area (Å²) < 4.78 is 0. The zero-order valence-corrected chi connectivity index (χ0v) is 10.3. The predicted molar refractivity (Wildman–Crippen MR) is 69.6 cm³/mol. The number of aliphatic hydroxyl groups is 1. The van der Waals surface area contributed by atoms with Crippen LogP contribution in [0.15, 0.2) is 24.3 Å². The van der Waals surface area contributed by atoms with Crippen molar-refractivity contribution in [2.75, 3.05) is 13.1 Å². The molecule has 0 saturated carbocycles. The van der Waals surface area contributed by atoms with E-state index in [1.807, 2.05) is 31.2 Å². The molecule has 1 aliphatic rings. The van der Waals surface area contributed by atoms with Crippen LogP contribution in [-0.2, 0) is 0 Å². The number of carbonyl (C=O) groups excluding carboxylic acids is 1. The van der Waals surface area contributed by atoms with Crippen molar-refractivity contribution in [3.8, 4) is 0 Å². The Labute approximate surface area is 105 Å². The molecule has 2 N–H and O–H groups in total. The van der Waals surface area contributed by atoms with Crippen molar-refractivity contribution in [2.45, 2.75) is 19.4 Å². The standard InChI is InChI=1S/C14H16N2O2/c1-9-13(11-4-2-3-5-12(11)15-9)14(18)16-7-6-10(17)8-16/h2-5,10,15,17H,6-8H2,1H3. The maximum absolute atomic E-state index is 12.5. The third kappa shape index (κ3) is 1.69. The number of nitrogens with one attached hydrogen (secondary N) is 1. The van der Waals surface area contributed by atoms with E-state index in [4.69, 9.17) is 0 Å². The molecule has 4 heteroatoms. The molecule has 1 fully saturated rings. The molecule has 18 heavy (non-hydrogen) atoms. The van der Waals surface area contributed by atoms with Gasteiger partial charge in [-0.2, -0.15) is 0 Å². The van der Waals surface area contributed by atoms with Crippen LogP contribution in [0.2, 0.25) is 0 Å². The summed E-state index contributed by atoms with van der Waals surface area (Å²) in [6.07, 6.45) is 0.298. The van der Waals surface area contributed by atoms with Gasteiger partial charge in [-0.25, -0.2) is 0 Å². The molecule has 94 valence electrons. The summed E-state index contributed by atoms with van der Waals surface area (Å²) in [4.78, 5) is 17.4. The Hall–Kier alpha value is -1.81. The number of fused-ring (bicyclic) bond motifs is 1. The summed E-state index contributed by atoms with van der Waals surface area (Å²) in [7, 11) is 0. The number of rotatable bonds is 1. The number of benzene rings is 1. The Morgan fingerprint density at radius 1 is 1.44 bits per heavy atom. The van der Waals surface area contributed by atoms with Crippen molar-refractivity contribution in [3.05, 3.63) is 35.5 Å².